The van der Waals surface area contributed by atoms with Gasteiger partial charge in [-0.05, 0) is 42.5 Å². The third kappa shape index (κ3) is 4.49. The number of sulfonamides is 1. The van der Waals surface area contributed by atoms with Crippen molar-refractivity contribution in [1.82, 2.24) is 9.45 Å². The minimum absolute atomic E-state index is 0.0156. The van der Waals surface area contributed by atoms with Gasteiger partial charge in [0.25, 0.3) is 15.9 Å². The van der Waals surface area contributed by atoms with Crippen LogP contribution in [0.15, 0.2) is 52.7 Å². The van der Waals surface area contributed by atoms with E-state index in [2.05, 4.69) is 10.3 Å². The number of hydrogen-bond acceptors (Lipinski definition) is 7. The Bertz CT molecular complexity index is 1160. The van der Waals surface area contributed by atoms with E-state index in [4.69, 9.17) is 9.57 Å². The van der Waals surface area contributed by atoms with E-state index in [0.717, 1.165) is 4.47 Å². The molecule has 30 heavy (non-hydrogen) atoms. The molecule has 8 nitrogen and oxygen atoms in total. The van der Waals surface area contributed by atoms with Crippen LogP contribution in [0.1, 0.15) is 10.4 Å². The van der Waals surface area contributed by atoms with Gasteiger partial charge in [-0.1, -0.05) is 4.47 Å². The van der Waals surface area contributed by atoms with Gasteiger partial charge in [-0.3, -0.25) is 14.9 Å². The minimum atomic E-state index is -3.80. The lowest BCUT2D eigenvalue weighted by molar-refractivity contribution is -0.0258. The quantitative estimate of drug-likeness (QED) is 0.553. The fourth-order valence-corrected chi connectivity index (χ4v) is 4.21. The molecule has 0 spiro atoms. The lowest BCUT2D eigenvalue weighted by Gasteiger charge is -2.14. The predicted octanol–water partition coefficient (Wildman–Crippen LogP) is 3.39. The number of halogens is 1. The van der Waals surface area contributed by atoms with E-state index >= 15 is 0 Å². The van der Waals surface area contributed by atoms with Crippen molar-refractivity contribution in [3.05, 3.63) is 59.2 Å². The molecule has 0 aliphatic carbocycles. The monoisotopic (exact) mass is 451 g/mol. The normalized spacial score (nSPS) is 11.5. The van der Waals surface area contributed by atoms with Gasteiger partial charge in [0.05, 0.1) is 24.8 Å². The molecule has 11 heteroatoms. The molecule has 0 aliphatic heterocycles. The number of benzene rings is 2. The first-order chi connectivity index (χ1) is 14.3. The zero-order valence-corrected chi connectivity index (χ0v) is 17.9. The molecule has 158 valence electrons. The molecule has 0 bridgehead atoms. The van der Waals surface area contributed by atoms with Crippen molar-refractivity contribution in [3.8, 4) is 17.0 Å². The first kappa shape index (κ1) is 21.8. The molecule has 0 radical (unpaired) electrons. The molecule has 0 unspecified atom stereocenters. The van der Waals surface area contributed by atoms with Crippen LogP contribution in [0.25, 0.3) is 11.3 Å². The molecule has 0 saturated carbocycles. The van der Waals surface area contributed by atoms with Crippen LogP contribution < -0.4 is 10.1 Å². The molecule has 0 fully saturated rings. The van der Waals surface area contributed by atoms with Gasteiger partial charge in [-0.15, -0.1) is 11.3 Å². The molecule has 1 aromatic heterocycles. The number of hydrogen-bond donors (Lipinski definition) is 1. The Balaban J connectivity index is 1.77. The summed E-state index contributed by atoms with van der Waals surface area (Å²) in [5.74, 6) is -0.443. The number of carbonyl (C=O) groups is 1. The van der Waals surface area contributed by atoms with Gasteiger partial charge in [0.1, 0.15) is 11.6 Å². The van der Waals surface area contributed by atoms with Gasteiger partial charge in [0.2, 0.25) is 0 Å². The Morgan fingerprint density at radius 1 is 1.17 bits per heavy atom. The maximum atomic E-state index is 13.6. The largest absolute Gasteiger partial charge is 0.496 e. The van der Waals surface area contributed by atoms with E-state index in [1.54, 1.807) is 5.38 Å². The number of amides is 1. The van der Waals surface area contributed by atoms with E-state index in [-0.39, 0.29) is 10.5 Å². The fraction of sp³-hybridized carbons (Fsp3) is 0.158. The molecule has 0 aliphatic rings. The highest BCUT2D eigenvalue weighted by atomic mass is 32.2. The van der Waals surface area contributed by atoms with Gasteiger partial charge < -0.3 is 4.74 Å². The van der Waals surface area contributed by atoms with Crippen LogP contribution in [0.5, 0.6) is 5.75 Å². The Kier molecular flexibility index (Phi) is 6.46. The van der Waals surface area contributed by atoms with Gasteiger partial charge in [0.15, 0.2) is 5.13 Å². The number of thiazole rings is 1. The lowest BCUT2D eigenvalue weighted by atomic mass is 10.1. The Morgan fingerprint density at radius 2 is 1.87 bits per heavy atom. The second-order valence-electron chi connectivity index (χ2n) is 5.96. The highest BCUT2D eigenvalue weighted by molar-refractivity contribution is 7.89. The molecule has 2 aromatic carbocycles. The standard InChI is InChI=1S/C19H18FN3O5S2/c1-23(28-3)30(25,26)14-7-4-12(5-8-14)18(24)22-19-21-16(11-29-19)15-10-13(20)6-9-17(15)27-2/h4-11H,1-3H3,(H,21,22,24). The number of nitrogens with zero attached hydrogens (tertiary/aromatic N) is 2. The minimum Gasteiger partial charge on any atom is -0.496 e. The Hall–Kier alpha value is -2.86. The van der Waals surface area contributed by atoms with Crippen LogP contribution in [-0.2, 0) is 14.9 Å². The van der Waals surface area contributed by atoms with Crippen molar-refractivity contribution in [3.63, 3.8) is 0 Å². The summed E-state index contributed by atoms with van der Waals surface area (Å²) in [5, 5.41) is 4.61. The molecular weight excluding hydrogens is 433 g/mol. The van der Waals surface area contributed by atoms with Gasteiger partial charge in [0, 0.05) is 23.6 Å². The second kappa shape index (κ2) is 8.88. The van der Waals surface area contributed by atoms with Gasteiger partial charge >= 0.3 is 0 Å². The Labute approximate surface area is 176 Å². The highest BCUT2D eigenvalue weighted by Crippen LogP contribution is 2.33. The summed E-state index contributed by atoms with van der Waals surface area (Å²) in [7, 11) is 0.176. The number of rotatable bonds is 7. The number of methoxy groups -OCH3 is 1. The topological polar surface area (TPSA) is 97.8 Å². The molecule has 3 aromatic rings. The van der Waals surface area contributed by atoms with Crippen LogP contribution in [0.4, 0.5) is 9.52 Å². The number of ether oxygens (including phenoxy) is 1. The van der Waals surface area contributed by atoms with Crippen molar-refractivity contribution in [2.24, 2.45) is 0 Å². The van der Waals surface area contributed by atoms with Crippen LogP contribution in [-0.4, -0.2) is 45.0 Å². The molecular formula is C19H18FN3O5S2. The van der Waals surface area contributed by atoms with E-state index < -0.39 is 21.7 Å². The summed E-state index contributed by atoms with van der Waals surface area (Å²) >= 11 is 1.17. The van der Waals surface area contributed by atoms with Gasteiger partial charge in [-0.25, -0.2) is 17.8 Å². The zero-order valence-electron chi connectivity index (χ0n) is 16.2. The van der Waals surface area contributed by atoms with E-state index in [1.165, 1.54) is 75.1 Å². The first-order valence-electron chi connectivity index (χ1n) is 8.50. The fourth-order valence-electron chi connectivity index (χ4n) is 2.53. The van der Waals surface area contributed by atoms with Gasteiger partial charge in [-0.2, -0.15) is 0 Å². The number of nitrogens with one attached hydrogen (secondary N) is 1. The first-order valence-corrected chi connectivity index (χ1v) is 10.8. The smallest absolute Gasteiger partial charge is 0.264 e. The summed E-state index contributed by atoms with van der Waals surface area (Å²) in [5.41, 5.74) is 1.16. The maximum absolute atomic E-state index is 13.6. The highest BCUT2D eigenvalue weighted by Gasteiger charge is 2.21. The van der Waals surface area contributed by atoms with Crippen LogP contribution >= 0.6 is 11.3 Å². The van der Waals surface area contributed by atoms with Crippen LogP contribution in [0, 0.1) is 5.82 Å². The Morgan fingerprint density at radius 3 is 2.50 bits per heavy atom. The van der Waals surface area contributed by atoms with Crippen LogP contribution in [0.2, 0.25) is 0 Å². The van der Waals surface area contributed by atoms with Crippen molar-refractivity contribution in [1.29, 1.82) is 0 Å². The summed E-state index contributed by atoms with van der Waals surface area (Å²) < 4.78 is 44.0. The maximum Gasteiger partial charge on any atom is 0.264 e. The zero-order chi connectivity index (χ0) is 21.9. The predicted molar refractivity (Wildman–Crippen MR) is 110 cm³/mol. The van der Waals surface area contributed by atoms with Crippen molar-refractivity contribution in [2.75, 3.05) is 26.6 Å². The summed E-state index contributed by atoms with van der Waals surface area (Å²) in [6.07, 6.45) is 0. The van der Waals surface area contributed by atoms with Crippen molar-refractivity contribution >= 4 is 32.4 Å². The number of aromatic nitrogens is 1. The molecule has 0 atom stereocenters. The van der Waals surface area contributed by atoms with Crippen LogP contribution in [0.3, 0.4) is 0 Å². The van der Waals surface area contributed by atoms with E-state index in [0.29, 0.717) is 22.1 Å². The molecule has 1 amide bonds. The number of carbonyl (C=O) groups excluding carboxylic acids is 1. The molecule has 3 rings (SSSR count). The van der Waals surface area contributed by atoms with E-state index in [1.807, 2.05) is 0 Å². The third-order valence-electron chi connectivity index (χ3n) is 4.17. The average Bonchev–Trinajstić information content (AvgIpc) is 3.21. The molecule has 0 saturated heterocycles. The van der Waals surface area contributed by atoms with Crippen molar-refractivity contribution < 1.29 is 27.2 Å². The lowest BCUT2D eigenvalue weighted by Crippen LogP contribution is -2.25. The number of anilines is 1. The molecule has 1 N–H and O–H groups in total. The van der Waals surface area contributed by atoms with E-state index in [9.17, 15) is 17.6 Å². The SMILES string of the molecule is COc1ccc(F)cc1-c1csc(NC(=O)c2ccc(S(=O)(=O)N(C)OC)cc2)n1. The third-order valence-corrected chi connectivity index (χ3v) is 6.62. The summed E-state index contributed by atoms with van der Waals surface area (Å²) in [6, 6.07) is 9.47. The summed E-state index contributed by atoms with van der Waals surface area (Å²) in [4.78, 5) is 21.5. The van der Waals surface area contributed by atoms with Crippen molar-refractivity contribution in [2.45, 2.75) is 4.90 Å². The average molecular weight is 452 g/mol. The number of hydroxylamine groups is 1. The molecule has 1 heterocycles. The summed E-state index contributed by atoms with van der Waals surface area (Å²) in [6.45, 7) is 0. The second-order valence-corrected chi connectivity index (χ2v) is 8.75.